The molecule has 0 radical (unpaired) electrons. The Balaban J connectivity index is 1.67. The fraction of sp³-hybridized carbons (Fsp3) is 0.714. The third kappa shape index (κ3) is 5.83. The average molecular weight is 445 g/mol. The van der Waals surface area contributed by atoms with Gasteiger partial charge < -0.3 is 20.4 Å². The summed E-state index contributed by atoms with van der Waals surface area (Å²) in [6.07, 6.45) is 16.8. The van der Waals surface area contributed by atoms with Crippen LogP contribution in [-0.4, -0.2) is 44.8 Å². The minimum absolute atomic E-state index is 0.174. The lowest BCUT2D eigenvalue weighted by molar-refractivity contribution is 0.0613. The predicted molar refractivity (Wildman–Crippen MR) is 130 cm³/mol. The van der Waals surface area contributed by atoms with Crippen molar-refractivity contribution in [1.29, 1.82) is 0 Å². The number of rotatable bonds is 8. The molecule has 0 aliphatic heterocycles. The van der Waals surface area contributed by atoms with Gasteiger partial charge in [-0.1, -0.05) is 51.0 Å². The van der Waals surface area contributed by atoms with Crippen LogP contribution in [0.15, 0.2) is 47.1 Å². The maximum Gasteiger partial charge on any atom is 0.0963 e. The Bertz CT molecular complexity index is 769. The normalized spacial score (nSPS) is 35.7. The monoisotopic (exact) mass is 444 g/mol. The first-order valence-corrected chi connectivity index (χ1v) is 12.5. The second-order valence-corrected chi connectivity index (χ2v) is 11.3. The van der Waals surface area contributed by atoms with Crippen molar-refractivity contribution < 1.29 is 20.4 Å². The SMILES string of the molecule is C[C@H](CCCC(C)(C)O)[C@H]1CC[C@H]2C(/C=C\C3=C[C@@H](O)/C(=C/CO)[C@H](O)C3)=CCC[C@]12C. The highest BCUT2D eigenvalue weighted by atomic mass is 16.3. The van der Waals surface area contributed by atoms with Crippen molar-refractivity contribution in [3.05, 3.63) is 47.1 Å². The van der Waals surface area contributed by atoms with E-state index in [9.17, 15) is 15.3 Å². The molecule has 3 rings (SSSR count). The summed E-state index contributed by atoms with van der Waals surface area (Å²) >= 11 is 0. The van der Waals surface area contributed by atoms with Crippen LogP contribution >= 0.6 is 0 Å². The lowest BCUT2D eigenvalue weighted by Crippen LogP contribution is -2.35. The minimum atomic E-state index is -0.836. The van der Waals surface area contributed by atoms with Gasteiger partial charge in [-0.2, -0.15) is 0 Å². The molecule has 0 heterocycles. The molecule has 4 N–H and O–H groups in total. The maximum absolute atomic E-state index is 10.3. The Morgan fingerprint density at radius 1 is 1.22 bits per heavy atom. The van der Waals surface area contributed by atoms with E-state index >= 15 is 0 Å². The fourth-order valence-electron chi connectivity index (χ4n) is 6.63. The van der Waals surface area contributed by atoms with Crippen LogP contribution < -0.4 is 0 Å². The van der Waals surface area contributed by atoms with Crippen molar-refractivity contribution in [2.45, 2.75) is 96.9 Å². The van der Waals surface area contributed by atoms with Crippen molar-refractivity contribution in [2.75, 3.05) is 6.61 Å². The topological polar surface area (TPSA) is 80.9 Å². The number of allylic oxidation sites excluding steroid dienone is 4. The molecular weight excluding hydrogens is 400 g/mol. The van der Waals surface area contributed by atoms with Gasteiger partial charge in [-0.15, -0.1) is 0 Å². The van der Waals surface area contributed by atoms with Crippen LogP contribution in [0.25, 0.3) is 0 Å². The van der Waals surface area contributed by atoms with Crippen LogP contribution in [0.4, 0.5) is 0 Å². The average Bonchev–Trinajstić information content (AvgIpc) is 3.05. The summed E-state index contributed by atoms with van der Waals surface area (Å²) in [5, 5.41) is 39.8. The first-order chi connectivity index (χ1) is 15.0. The van der Waals surface area contributed by atoms with E-state index in [0.29, 0.717) is 29.2 Å². The summed E-state index contributed by atoms with van der Waals surface area (Å²) in [6, 6.07) is 0. The first kappa shape index (κ1) is 25.4. The number of hydrogen-bond acceptors (Lipinski definition) is 4. The predicted octanol–water partition coefficient (Wildman–Crippen LogP) is 4.84. The molecule has 4 nitrogen and oxygen atoms in total. The van der Waals surface area contributed by atoms with Crippen molar-refractivity contribution >= 4 is 0 Å². The molecule has 6 atom stereocenters. The number of aliphatic hydroxyl groups excluding tert-OH is 3. The van der Waals surface area contributed by atoms with E-state index in [1.54, 1.807) is 6.08 Å². The summed E-state index contributed by atoms with van der Waals surface area (Å²) in [5.74, 6) is 1.95. The van der Waals surface area contributed by atoms with Gasteiger partial charge in [-0.05, 0) is 91.9 Å². The smallest absolute Gasteiger partial charge is 0.0963 e. The van der Waals surface area contributed by atoms with Crippen LogP contribution in [0, 0.1) is 23.2 Å². The molecule has 1 saturated carbocycles. The Labute approximate surface area is 194 Å². The number of hydrogen-bond donors (Lipinski definition) is 4. The van der Waals surface area contributed by atoms with Crippen LogP contribution in [0.1, 0.15) is 79.1 Å². The van der Waals surface area contributed by atoms with E-state index in [2.05, 4.69) is 32.1 Å². The van der Waals surface area contributed by atoms with Gasteiger partial charge in [-0.25, -0.2) is 0 Å². The summed E-state index contributed by atoms with van der Waals surface area (Å²) in [6.45, 7) is 8.52. The van der Waals surface area contributed by atoms with Gasteiger partial charge in [0.25, 0.3) is 0 Å². The van der Waals surface area contributed by atoms with Crippen molar-refractivity contribution in [3.8, 4) is 0 Å². The van der Waals surface area contributed by atoms with E-state index in [-0.39, 0.29) is 6.61 Å². The van der Waals surface area contributed by atoms with E-state index < -0.39 is 17.8 Å². The molecule has 32 heavy (non-hydrogen) atoms. The number of aliphatic hydroxyl groups is 4. The summed E-state index contributed by atoms with van der Waals surface area (Å²) in [7, 11) is 0. The van der Waals surface area contributed by atoms with Gasteiger partial charge in [0.1, 0.15) is 0 Å². The van der Waals surface area contributed by atoms with E-state index in [4.69, 9.17) is 5.11 Å². The highest BCUT2D eigenvalue weighted by Crippen LogP contribution is 2.58. The van der Waals surface area contributed by atoms with Crippen LogP contribution in [0.5, 0.6) is 0 Å². The molecule has 0 amide bonds. The van der Waals surface area contributed by atoms with E-state index in [1.807, 2.05) is 13.8 Å². The van der Waals surface area contributed by atoms with E-state index in [0.717, 1.165) is 30.8 Å². The molecule has 0 aromatic carbocycles. The van der Waals surface area contributed by atoms with Gasteiger partial charge in [0.05, 0.1) is 24.4 Å². The summed E-state index contributed by atoms with van der Waals surface area (Å²) < 4.78 is 0. The molecule has 3 aliphatic rings. The van der Waals surface area contributed by atoms with Gasteiger partial charge in [0, 0.05) is 6.42 Å². The molecular formula is C28H44O4. The second kappa shape index (κ2) is 10.4. The second-order valence-electron chi connectivity index (χ2n) is 11.3. The first-order valence-electron chi connectivity index (χ1n) is 12.5. The highest BCUT2D eigenvalue weighted by Gasteiger charge is 2.49. The molecule has 0 bridgehead atoms. The van der Waals surface area contributed by atoms with Crippen LogP contribution in [0.2, 0.25) is 0 Å². The quantitative estimate of drug-likeness (QED) is 0.404. The molecule has 180 valence electrons. The van der Waals surface area contributed by atoms with Gasteiger partial charge in [-0.3, -0.25) is 0 Å². The Morgan fingerprint density at radius 3 is 2.62 bits per heavy atom. The van der Waals surface area contributed by atoms with E-state index in [1.165, 1.54) is 37.3 Å². The Morgan fingerprint density at radius 2 is 1.97 bits per heavy atom. The zero-order chi connectivity index (χ0) is 23.5. The standard InChI is InChI=1S/C28H44O4/c1-19(7-5-14-27(2,3)32)23-11-12-24-21(8-6-15-28(23,24)4)10-9-20-17-25(30)22(13-16-29)26(31)18-20/h8-10,13,17,19,23-26,29-32H,5-7,11-12,14-16,18H2,1-4H3/b10-9-,22-13-/t19-,23-,24+,25-,26-,28-/m1/s1. The highest BCUT2D eigenvalue weighted by molar-refractivity contribution is 5.38. The third-order valence-electron chi connectivity index (χ3n) is 8.35. The Kier molecular flexibility index (Phi) is 8.25. The van der Waals surface area contributed by atoms with Crippen molar-refractivity contribution in [3.63, 3.8) is 0 Å². The minimum Gasteiger partial charge on any atom is -0.392 e. The van der Waals surface area contributed by atoms with Gasteiger partial charge in [0.15, 0.2) is 0 Å². The molecule has 0 unspecified atom stereocenters. The Hall–Kier alpha value is -1.20. The summed E-state index contributed by atoms with van der Waals surface area (Å²) in [4.78, 5) is 0. The largest absolute Gasteiger partial charge is 0.392 e. The molecule has 0 aromatic heterocycles. The van der Waals surface area contributed by atoms with Crippen LogP contribution in [-0.2, 0) is 0 Å². The van der Waals surface area contributed by atoms with Gasteiger partial charge in [0.2, 0.25) is 0 Å². The zero-order valence-corrected chi connectivity index (χ0v) is 20.4. The number of fused-ring (bicyclic) bond motifs is 1. The van der Waals surface area contributed by atoms with Crippen molar-refractivity contribution in [2.24, 2.45) is 23.2 Å². The van der Waals surface area contributed by atoms with Crippen LogP contribution in [0.3, 0.4) is 0 Å². The molecule has 1 fully saturated rings. The lowest BCUT2D eigenvalue weighted by atomic mass is 9.62. The van der Waals surface area contributed by atoms with Crippen molar-refractivity contribution in [1.82, 2.24) is 0 Å². The molecule has 4 heteroatoms. The fourth-order valence-corrected chi connectivity index (χ4v) is 6.63. The molecule has 0 saturated heterocycles. The molecule has 0 aromatic rings. The zero-order valence-electron chi connectivity index (χ0n) is 20.4. The maximum atomic E-state index is 10.3. The summed E-state index contributed by atoms with van der Waals surface area (Å²) in [5.41, 5.74) is 2.59. The third-order valence-corrected chi connectivity index (χ3v) is 8.35. The molecule has 3 aliphatic carbocycles. The molecule has 0 spiro atoms. The lowest BCUT2D eigenvalue weighted by Gasteiger charge is -2.43. The van der Waals surface area contributed by atoms with Gasteiger partial charge >= 0.3 is 0 Å².